The van der Waals surface area contributed by atoms with Crippen LogP contribution in [0.15, 0.2) is 46.9 Å². The monoisotopic (exact) mass is 419 g/mol. The van der Waals surface area contributed by atoms with Crippen molar-refractivity contribution in [3.05, 3.63) is 58.3 Å². The van der Waals surface area contributed by atoms with E-state index in [-0.39, 0.29) is 23.3 Å². The Morgan fingerprint density at radius 2 is 1.77 bits per heavy atom. The zero-order chi connectivity index (χ0) is 18.7. The number of rotatable bonds is 4. The van der Waals surface area contributed by atoms with Crippen molar-refractivity contribution in [3.8, 4) is 0 Å². The minimum Gasteiger partial charge on any atom is -0.371 e. The van der Waals surface area contributed by atoms with Crippen molar-refractivity contribution in [3.63, 3.8) is 0 Å². The minimum atomic E-state index is -0.465. The third kappa shape index (κ3) is 4.22. The van der Waals surface area contributed by atoms with Crippen molar-refractivity contribution in [2.45, 2.75) is 12.8 Å². The molecule has 0 aliphatic carbocycles. The summed E-state index contributed by atoms with van der Waals surface area (Å²) in [6.45, 7) is 1.55. The standard InChI is InChI=1S/C19H19BrFN3O2/c20-17-6-1-13(21)11-16(17)19(26)23-14-2-4-15(5-3-14)24-9-7-12(8-10-24)18(22)25/h1-6,11-12H,7-10H2,(H2,22,25)(H,23,26). The number of primary amides is 1. The predicted molar refractivity (Wildman–Crippen MR) is 103 cm³/mol. The van der Waals surface area contributed by atoms with Crippen LogP contribution < -0.4 is 16.0 Å². The Hall–Kier alpha value is -2.41. The summed E-state index contributed by atoms with van der Waals surface area (Å²) in [5, 5.41) is 2.76. The predicted octanol–water partition coefficient (Wildman–Crippen LogP) is 3.54. The van der Waals surface area contributed by atoms with Crippen LogP contribution in [0.3, 0.4) is 0 Å². The molecule has 5 nitrogen and oxygen atoms in total. The molecule has 7 heteroatoms. The van der Waals surface area contributed by atoms with Crippen LogP contribution in [-0.2, 0) is 4.79 Å². The third-order valence-corrected chi connectivity index (χ3v) is 5.25. The van der Waals surface area contributed by atoms with Crippen molar-refractivity contribution in [2.24, 2.45) is 11.7 Å². The van der Waals surface area contributed by atoms with E-state index >= 15 is 0 Å². The lowest BCUT2D eigenvalue weighted by molar-refractivity contribution is -0.122. The summed E-state index contributed by atoms with van der Waals surface area (Å²) >= 11 is 3.26. The Bertz CT molecular complexity index is 818. The summed E-state index contributed by atoms with van der Waals surface area (Å²) in [5.74, 6) is -1.12. The van der Waals surface area contributed by atoms with E-state index in [9.17, 15) is 14.0 Å². The fourth-order valence-electron chi connectivity index (χ4n) is 3.05. The van der Waals surface area contributed by atoms with Crippen molar-refractivity contribution in [2.75, 3.05) is 23.3 Å². The van der Waals surface area contributed by atoms with E-state index in [0.717, 1.165) is 31.6 Å². The molecule has 2 aromatic carbocycles. The number of halogens is 2. The van der Waals surface area contributed by atoms with Gasteiger partial charge >= 0.3 is 0 Å². The van der Waals surface area contributed by atoms with Crippen molar-refractivity contribution in [1.29, 1.82) is 0 Å². The van der Waals surface area contributed by atoms with Gasteiger partial charge in [-0.3, -0.25) is 9.59 Å². The topological polar surface area (TPSA) is 75.4 Å². The lowest BCUT2D eigenvalue weighted by Crippen LogP contribution is -2.38. The second-order valence-corrected chi connectivity index (χ2v) is 7.14. The van der Waals surface area contributed by atoms with E-state index in [1.807, 2.05) is 12.1 Å². The van der Waals surface area contributed by atoms with Gasteiger partial charge in [0.1, 0.15) is 5.82 Å². The van der Waals surface area contributed by atoms with Gasteiger partial charge in [-0.15, -0.1) is 0 Å². The van der Waals surface area contributed by atoms with Crippen LogP contribution in [-0.4, -0.2) is 24.9 Å². The van der Waals surface area contributed by atoms with E-state index in [1.54, 1.807) is 12.1 Å². The third-order valence-electron chi connectivity index (χ3n) is 4.56. The molecule has 0 bridgehead atoms. The molecule has 136 valence electrons. The summed E-state index contributed by atoms with van der Waals surface area (Å²) in [4.78, 5) is 25.7. The molecule has 26 heavy (non-hydrogen) atoms. The van der Waals surface area contributed by atoms with Gasteiger partial charge in [-0.25, -0.2) is 4.39 Å². The second-order valence-electron chi connectivity index (χ2n) is 6.29. The highest BCUT2D eigenvalue weighted by Gasteiger charge is 2.23. The fraction of sp³-hybridized carbons (Fsp3) is 0.263. The normalized spacial score (nSPS) is 14.9. The first kappa shape index (κ1) is 18.4. The molecule has 3 N–H and O–H groups in total. The molecular weight excluding hydrogens is 401 g/mol. The van der Waals surface area contributed by atoms with Crippen LogP contribution in [0.2, 0.25) is 0 Å². The summed E-state index contributed by atoms with van der Waals surface area (Å²) < 4.78 is 13.9. The Morgan fingerprint density at radius 1 is 1.12 bits per heavy atom. The van der Waals surface area contributed by atoms with Gasteiger partial charge in [0.25, 0.3) is 5.91 Å². The van der Waals surface area contributed by atoms with Gasteiger partial charge in [0, 0.05) is 34.9 Å². The SMILES string of the molecule is NC(=O)C1CCN(c2ccc(NC(=O)c3cc(F)ccc3Br)cc2)CC1. The highest BCUT2D eigenvalue weighted by Crippen LogP contribution is 2.25. The maximum Gasteiger partial charge on any atom is 0.256 e. The van der Waals surface area contributed by atoms with Crippen LogP contribution in [0, 0.1) is 11.7 Å². The molecule has 1 aliphatic rings. The number of carbonyl (C=O) groups excluding carboxylic acids is 2. The van der Waals surface area contributed by atoms with E-state index in [2.05, 4.69) is 26.1 Å². The fourth-order valence-corrected chi connectivity index (χ4v) is 3.47. The molecule has 1 aliphatic heterocycles. The number of nitrogens with zero attached hydrogens (tertiary/aromatic N) is 1. The molecular formula is C19H19BrFN3O2. The number of nitrogens with one attached hydrogen (secondary N) is 1. The minimum absolute atomic E-state index is 0.0467. The summed E-state index contributed by atoms with van der Waals surface area (Å²) in [6.07, 6.45) is 1.50. The van der Waals surface area contributed by atoms with E-state index in [1.165, 1.54) is 18.2 Å². The van der Waals surface area contributed by atoms with Crippen LogP contribution in [0.5, 0.6) is 0 Å². The first-order valence-electron chi connectivity index (χ1n) is 8.35. The quantitative estimate of drug-likeness (QED) is 0.795. The Balaban J connectivity index is 1.64. The van der Waals surface area contributed by atoms with Crippen LogP contribution >= 0.6 is 15.9 Å². The molecule has 1 saturated heterocycles. The molecule has 1 fully saturated rings. The maximum absolute atomic E-state index is 13.3. The van der Waals surface area contributed by atoms with E-state index in [0.29, 0.717) is 10.2 Å². The first-order valence-corrected chi connectivity index (χ1v) is 9.14. The lowest BCUT2D eigenvalue weighted by Gasteiger charge is -2.32. The number of hydrogen-bond donors (Lipinski definition) is 2. The Kier molecular flexibility index (Phi) is 5.56. The highest BCUT2D eigenvalue weighted by atomic mass is 79.9. The Morgan fingerprint density at radius 3 is 2.38 bits per heavy atom. The highest BCUT2D eigenvalue weighted by molar-refractivity contribution is 9.10. The van der Waals surface area contributed by atoms with Crippen LogP contribution in [0.1, 0.15) is 23.2 Å². The lowest BCUT2D eigenvalue weighted by atomic mass is 9.96. The first-order chi connectivity index (χ1) is 12.4. The molecule has 0 aromatic heterocycles. The van der Waals surface area contributed by atoms with Crippen LogP contribution in [0.25, 0.3) is 0 Å². The zero-order valence-corrected chi connectivity index (χ0v) is 15.6. The van der Waals surface area contributed by atoms with Crippen molar-refractivity contribution in [1.82, 2.24) is 0 Å². The number of amides is 2. The maximum atomic E-state index is 13.3. The summed E-state index contributed by atoms with van der Waals surface area (Å²) in [7, 11) is 0. The van der Waals surface area contributed by atoms with Gasteiger partial charge in [-0.1, -0.05) is 0 Å². The van der Waals surface area contributed by atoms with Crippen molar-refractivity contribution >= 4 is 39.1 Å². The second kappa shape index (κ2) is 7.86. The average Bonchev–Trinajstić information content (AvgIpc) is 2.64. The van der Waals surface area contributed by atoms with Gasteiger partial charge in [-0.2, -0.15) is 0 Å². The number of piperidine rings is 1. The largest absolute Gasteiger partial charge is 0.371 e. The smallest absolute Gasteiger partial charge is 0.256 e. The Labute approximate surface area is 159 Å². The molecule has 2 aromatic rings. The van der Waals surface area contributed by atoms with Gasteiger partial charge < -0.3 is 16.0 Å². The number of carbonyl (C=O) groups is 2. The molecule has 0 spiro atoms. The molecule has 2 amide bonds. The van der Waals surface area contributed by atoms with Gasteiger partial charge in [0.15, 0.2) is 0 Å². The van der Waals surface area contributed by atoms with Gasteiger partial charge in [0.2, 0.25) is 5.91 Å². The number of benzene rings is 2. The number of nitrogens with two attached hydrogens (primary N) is 1. The zero-order valence-electron chi connectivity index (χ0n) is 14.0. The number of anilines is 2. The molecule has 3 rings (SSSR count). The van der Waals surface area contributed by atoms with Crippen LogP contribution in [0.4, 0.5) is 15.8 Å². The van der Waals surface area contributed by atoms with Crippen molar-refractivity contribution < 1.29 is 14.0 Å². The summed E-state index contributed by atoms with van der Waals surface area (Å²) in [6, 6.07) is 11.4. The van der Waals surface area contributed by atoms with E-state index in [4.69, 9.17) is 5.73 Å². The van der Waals surface area contributed by atoms with Gasteiger partial charge in [0.05, 0.1) is 5.56 Å². The van der Waals surface area contributed by atoms with Gasteiger partial charge in [-0.05, 0) is 71.2 Å². The molecule has 0 atom stereocenters. The average molecular weight is 420 g/mol. The molecule has 1 heterocycles. The molecule has 0 saturated carbocycles. The summed E-state index contributed by atoms with van der Waals surface area (Å²) in [5.41, 5.74) is 7.25. The number of hydrogen-bond acceptors (Lipinski definition) is 3. The molecule has 0 radical (unpaired) electrons. The van der Waals surface area contributed by atoms with E-state index < -0.39 is 5.82 Å². The molecule has 0 unspecified atom stereocenters.